The zero-order valence-electron chi connectivity index (χ0n) is 27.6. The first-order chi connectivity index (χ1) is 23.9. The fraction of sp³-hybridized carbons (Fsp3) is 0.350. The third-order valence-corrected chi connectivity index (χ3v) is 10.1. The first kappa shape index (κ1) is 33.1. The first-order valence-electron chi connectivity index (χ1n) is 17.3. The molecular weight excluding hydrogens is 638 g/mol. The second-order valence-corrected chi connectivity index (χ2v) is 13.6. The minimum absolute atomic E-state index is 0.185. The van der Waals surface area contributed by atoms with Crippen LogP contribution < -0.4 is 9.47 Å². The number of fused-ring (bicyclic) bond motifs is 1. The Morgan fingerprint density at radius 2 is 1.53 bits per heavy atom. The Bertz CT molecular complexity index is 1890. The highest BCUT2D eigenvalue weighted by molar-refractivity contribution is 6.30. The number of hydrogen-bond acceptors (Lipinski definition) is 6. The number of piperidine rings is 1. The van der Waals surface area contributed by atoms with Crippen molar-refractivity contribution >= 4 is 28.6 Å². The van der Waals surface area contributed by atoms with E-state index in [1.54, 1.807) is 12.1 Å². The summed E-state index contributed by atoms with van der Waals surface area (Å²) in [5, 5.41) is 20.1. The number of carboxylic acid groups (broad SMARTS) is 1. The maximum Gasteiger partial charge on any atom is 0.335 e. The number of benzene rings is 4. The minimum Gasteiger partial charge on any atom is -0.492 e. The molecule has 0 spiro atoms. The number of aliphatic hydroxyl groups is 1. The largest absolute Gasteiger partial charge is 0.492 e. The van der Waals surface area contributed by atoms with Crippen molar-refractivity contribution in [3.8, 4) is 34.0 Å². The molecule has 2 aliphatic rings. The average Bonchev–Trinajstić information content (AvgIpc) is 3.52. The molecule has 0 bridgehead atoms. The molecule has 9 heteroatoms. The van der Waals surface area contributed by atoms with Crippen molar-refractivity contribution < 1.29 is 24.5 Å². The molecule has 0 atom stereocenters. The molecule has 1 aromatic heterocycles. The topological polar surface area (TPSA) is 97.1 Å². The SMILES string of the molecule is O=C(O)c1ccc2c(c1)nc(-c1ccc(OCc3cc(OCCN4CCC(O)CC4)ccc3-c3ccc(Cl)cc3)cc1)n2C1CCCCC1. The molecular formula is C40H42ClN3O5. The van der Waals surface area contributed by atoms with Gasteiger partial charge < -0.3 is 24.3 Å². The molecule has 7 rings (SSSR count). The number of aromatic carboxylic acids is 1. The molecule has 5 aromatic rings. The van der Waals surface area contributed by atoms with Gasteiger partial charge in [-0.3, -0.25) is 4.90 Å². The minimum atomic E-state index is -0.951. The Morgan fingerprint density at radius 1 is 0.816 bits per heavy atom. The lowest BCUT2D eigenvalue weighted by Gasteiger charge is -2.29. The van der Waals surface area contributed by atoms with E-state index in [2.05, 4.69) is 21.6 Å². The molecule has 2 heterocycles. The molecule has 2 N–H and O–H groups in total. The Labute approximate surface area is 291 Å². The van der Waals surface area contributed by atoms with Gasteiger partial charge >= 0.3 is 5.97 Å². The number of imidazole rings is 1. The van der Waals surface area contributed by atoms with Crippen molar-refractivity contribution in [2.45, 2.75) is 63.7 Å². The van der Waals surface area contributed by atoms with Crippen molar-refractivity contribution in [3.05, 3.63) is 101 Å². The molecule has 1 aliphatic heterocycles. The lowest BCUT2D eigenvalue weighted by molar-refractivity contribution is 0.0696. The molecule has 254 valence electrons. The molecule has 8 nitrogen and oxygen atoms in total. The van der Waals surface area contributed by atoms with Gasteiger partial charge in [0.1, 0.15) is 30.5 Å². The predicted octanol–water partition coefficient (Wildman–Crippen LogP) is 8.64. The van der Waals surface area contributed by atoms with Crippen LogP contribution in [-0.4, -0.2) is 63.0 Å². The van der Waals surface area contributed by atoms with Crippen molar-refractivity contribution in [1.29, 1.82) is 0 Å². The van der Waals surface area contributed by atoms with Gasteiger partial charge in [0.2, 0.25) is 0 Å². The Kier molecular flexibility index (Phi) is 10.2. The van der Waals surface area contributed by atoms with Gasteiger partial charge in [-0.2, -0.15) is 0 Å². The summed E-state index contributed by atoms with van der Waals surface area (Å²) in [5.74, 6) is 1.42. The normalized spacial score (nSPS) is 16.2. The monoisotopic (exact) mass is 679 g/mol. The lowest BCUT2D eigenvalue weighted by atomic mass is 9.95. The van der Waals surface area contributed by atoms with Crippen LogP contribution in [-0.2, 0) is 6.61 Å². The number of ether oxygens (including phenoxy) is 2. The van der Waals surface area contributed by atoms with Crippen LogP contribution in [0.15, 0.2) is 84.9 Å². The summed E-state index contributed by atoms with van der Waals surface area (Å²) in [6, 6.07) is 27.5. The molecule has 2 fully saturated rings. The van der Waals surface area contributed by atoms with Crippen LogP contribution in [0.2, 0.25) is 5.02 Å². The fourth-order valence-corrected chi connectivity index (χ4v) is 7.26. The summed E-state index contributed by atoms with van der Waals surface area (Å²) in [6.45, 7) is 3.52. The number of nitrogens with zero attached hydrogens (tertiary/aromatic N) is 3. The number of likely N-dealkylation sites (tertiary alicyclic amines) is 1. The van der Waals surface area contributed by atoms with Crippen LogP contribution in [0.25, 0.3) is 33.5 Å². The second kappa shape index (κ2) is 15.0. The zero-order chi connectivity index (χ0) is 33.7. The van der Waals surface area contributed by atoms with Crippen LogP contribution in [0, 0.1) is 0 Å². The van der Waals surface area contributed by atoms with Gasteiger partial charge in [0, 0.05) is 41.8 Å². The van der Waals surface area contributed by atoms with E-state index in [9.17, 15) is 15.0 Å². The Hall–Kier alpha value is -4.37. The zero-order valence-corrected chi connectivity index (χ0v) is 28.3. The third kappa shape index (κ3) is 7.77. The maximum atomic E-state index is 11.7. The summed E-state index contributed by atoms with van der Waals surface area (Å²) in [4.78, 5) is 19.0. The third-order valence-electron chi connectivity index (χ3n) is 9.85. The van der Waals surface area contributed by atoms with Crippen LogP contribution in [0.1, 0.15) is 66.9 Å². The highest BCUT2D eigenvalue weighted by Gasteiger charge is 2.23. The van der Waals surface area contributed by atoms with Gasteiger partial charge in [0.15, 0.2) is 0 Å². The van der Waals surface area contributed by atoms with Crippen LogP contribution in [0.4, 0.5) is 0 Å². The van der Waals surface area contributed by atoms with Gasteiger partial charge in [-0.05, 0) is 104 Å². The van der Waals surface area contributed by atoms with Crippen LogP contribution in [0.3, 0.4) is 0 Å². The number of carboxylic acids is 1. The van der Waals surface area contributed by atoms with Gasteiger partial charge in [-0.25, -0.2) is 9.78 Å². The van der Waals surface area contributed by atoms with E-state index in [4.69, 9.17) is 26.1 Å². The van der Waals surface area contributed by atoms with E-state index in [0.29, 0.717) is 29.8 Å². The Morgan fingerprint density at radius 3 is 2.27 bits per heavy atom. The van der Waals surface area contributed by atoms with Crippen molar-refractivity contribution in [2.75, 3.05) is 26.2 Å². The summed E-state index contributed by atoms with van der Waals surface area (Å²) < 4.78 is 14.9. The van der Waals surface area contributed by atoms with Crippen molar-refractivity contribution in [3.63, 3.8) is 0 Å². The summed E-state index contributed by atoms with van der Waals surface area (Å²) in [7, 11) is 0. The van der Waals surface area contributed by atoms with E-state index in [1.807, 2.05) is 60.7 Å². The first-order valence-corrected chi connectivity index (χ1v) is 17.7. The van der Waals surface area contributed by atoms with Crippen molar-refractivity contribution in [1.82, 2.24) is 14.5 Å². The van der Waals surface area contributed by atoms with E-state index >= 15 is 0 Å². The number of rotatable bonds is 11. The average molecular weight is 680 g/mol. The molecule has 49 heavy (non-hydrogen) atoms. The van der Waals surface area contributed by atoms with Gasteiger partial charge in [0.25, 0.3) is 0 Å². The van der Waals surface area contributed by atoms with Gasteiger partial charge in [-0.15, -0.1) is 0 Å². The quantitative estimate of drug-likeness (QED) is 0.144. The van der Waals surface area contributed by atoms with E-state index in [0.717, 1.165) is 90.4 Å². The molecule has 1 saturated heterocycles. The number of aliphatic hydroxyl groups excluding tert-OH is 1. The summed E-state index contributed by atoms with van der Waals surface area (Å²) in [5.41, 5.74) is 5.97. The maximum absolute atomic E-state index is 11.7. The number of carbonyl (C=O) groups is 1. The molecule has 0 amide bonds. The summed E-state index contributed by atoms with van der Waals surface area (Å²) in [6.07, 6.45) is 7.21. The number of hydrogen-bond donors (Lipinski definition) is 2. The molecule has 1 saturated carbocycles. The molecule has 1 aliphatic carbocycles. The number of halogens is 1. The number of aromatic nitrogens is 2. The van der Waals surface area contributed by atoms with E-state index < -0.39 is 5.97 Å². The van der Waals surface area contributed by atoms with E-state index in [-0.39, 0.29) is 11.7 Å². The molecule has 4 aromatic carbocycles. The van der Waals surface area contributed by atoms with Crippen LogP contribution >= 0.6 is 11.6 Å². The lowest BCUT2D eigenvalue weighted by Crippen LogP contribution is -2.38. The molecule has 0 unspecified atom stereocenters. The van der Waals surface area contributed by atoms with E-state index in [1.165, 1.54) is 19.3 Å². The highest BCUT2D eigenvalue weighted by atomic mass is 35.5. The predicted molar refractivity (Wildman–Crippen MR) is 193 cm³/mol. The fourth-order valence-electron chi connectivity index (χ4n) is 7.13. The second-order valence-electron chi connectivity index (χ2n) is 13.2. The standard InChI is InChI=1S/C40H42ClN3O5/c41-31-11-6-27(7-12-31)36-16-15-35(48-23-22-43-20-18-33(45)19-21-43)24-30(36)26-49-34-13-8-28(9-14-34)39-42-37-25-29(40(46)47)10-17-38(37)44(39)32-4-2-1-3-5-32/h6-17,24-25,32-33,45H,1-5,18-23,26H2,(H,46,47). The highest BCUT2D eigenvalue weighted by Crippen LogP contribution is 2.37. The summed E-state index contributed by atoms with van der Waals surface area (Å²) >= 11 is 6.20. The van der Waals surface area contributed by atoms with Crippen molar-refractivity contribution in [2.24, 2.45) is 0 Å². The smallest absolute Gasteiger partial charge is 0.335 e. The van der Waals surface area contributed by atoms with Gasteiger partial charge in [-0.1, -0.05) is 49.1 Å². The molecule has 0 radical (unpaired) electrons. The van der Waals surface area contributed by atoms with Crippen LogP contribution in [0.5, 0.6) is 11.5 Å². The Balaban J connectivity index is 1.10. The van der Waals surface area contributed by atoms with Gasteiger partial charge in [0.05, 0.1) is 22.7 Å².